The molecule has 0 saturated heterocycles. The molecule has 4 nitrogen and oxygen atoms in total. The molecule has 0 aliphatic carbocycles. The number of benzene rings is 2. The normalized spacial score (nSPS) is 10.5. The molecule has 2 rings (SSSR count). The van der Waals surface area contributed by atoms with Crippen LogP contribution in [-0.4, -0.2) is 12.2 Å². The first-order chi connectivity index (χ1) is 9.63. The van der Waals surface area contributed by atoms with Crippen molar-refractivity contribution >= 4 is 29.5 Å². The predicted octanol–water partition coefficient (Wildman–Crippen LogP) is 3.63. The van der Waals surface area contributed by atoms with E-state index in [0.29, 0.717) is 16.3 Å². The summed E-state index contributed by atoms with van der Waals surface area (Å²) in [4.78, 5) is 11.5. The number of carbonyl (C=O) groups is 1. The van der Waals surface area contributed by atoms with Crippen LogP contribution in [0.4, 0.5) is 14.9 Å². The first-order valence-electron chi connectivity index (χ1n) is 5.75. The number of urea groups is 1. The number of nitrogens with zero attached hydrogens (tertiary/aromatic N) is 1. The Morgan fingerprint density at radius 1 is 1.20 bits per heavy atom. The highest BCUT2D eigenvalue weighted by Crippen LogP contribution is 2.14. The van der Waals surface area contributed by atoms with Crippen LogP contribution in [0.3, 0.4) is 0 Å². The van der Waals surface area contributed by atoms with Gasteiger partial charge in [-0.15, -0.1) is 0 Å². The Balaban J connectivity index is 1.89. The molecule has 0 radical (unpaired) electrons. The van der Waals surface area contributed by atoms with Crippen molar-refractivity contribution in [1.29, 1.82) is 0 Å². The summed E-state index contributed by atoms with van der Waals surface area (Å²) in [6, 6.07) is 12.1. The van der Waals surface area contributed by atoms with Crippen LogP contribution < -0.4 is 10.7 Å². The van der Waals surface area contributed by atoms with Crippen molar-refractivity contribution in [2.24, 2.45) is 5.10 Å². The van der Waals surface area contributed by atoms with E-state index >= 15 is 0 Å². The Labute approximate surface area is 120 Å². The lowest BCUT2D eigenvalue weighted by Crippen LogP contribution is -2.24. The third-order valence-electron chi connectivity index (χ3n) is 2.31. The monoisotopic (exact) mass is 291 g/mol. The van der Waals surface area contributed by atoms with Crippen molar-refractivity contribution < 1.29 is 9.18 Å². The second kappa shape index (κ2) is 6.68. The third kappa shape index (κ3) is 4.37. The van der Waals surface area contributed by atoms with Crippen LogP contribution in [0.25, 0.3) is 0 Å². The minimum atomic E-state index is -0.514. The lowest BCUT2D eigenvalue weighted by molar-refractivity contribution is 0.252. The molecule has 2 N–H and O–H groups in total. The topological polar surface area (TPSA) is 53.5 Å². The molecule has 0 fully saturated rings. The van der Waals surface area contributed by atoms with Gasteiger partial charge < -0.3 is 5.32 Å². The Bertz CT molecular complexity index is 646. The van der Waals surface area contributed by atoms with Gasteiger partial charge in [-0.25, -0.2) is 14.6 Å². The summed E-state index contributed by atoms with van der Waals surface area (Å²) in [5.74, 6) is -0.364. The summed E-state index contributed by atoms with van der Waals surface area (Å²) < 4.78 is 12.9. The fourth-order valence-corrected chi connectivity index (χ4v) is 1.67. The highest BCUT2D eigenvalue weighted by molar-refractivity contribution is 6.30. The van der Waals surface area contributed by atoms with Gasteiger partial charge in [0.2, 0.25) is 0 Å². The molecule has 0 aliphatic heterocycles. The van der Waals surface area contributed by atoms with Gasteiger partial charge in [-0.05, 0) is 35.9 Å². The molecule has 0 spiro atoms. The van der Waals surface area contributed by atoms with Crippen molar-refractivity contribution in [2.75, 3.05) is 5.32 Å². The van der Waals surface area contributed by atoms with Crippen molar-refractivity contribution in [1.82, 2.24) is 5.43 Å². The molecule has 0 heterocycles. The standard InChI is InChI=1S/C14H11ClFN3O/c15-11-4-2-6-13(8-11)18-14(20)19-17-9-10-3-1-5-12(16)7-10/h1-9H,(H2,18,19,20)/b17-9-. The average Bonchev–Trinajstić information content (AvgIpc) is 2.38. The average molecular weight is 292 g/mol. The Morgan fingerprint density at radius 2 is 2.00 bits per heavy atom. The predicted molar refractivity (Wildman–Crippen MR) is 77.6 cm³/mol. The Morgan fingerprint density at radius 3 is 2.75 bits per heavy atom. The Kier molecular flexibility index (Phi) is 4.68. The number of rotatable bonds is 3. The zero-order valence-electron chi connectivity index (χ0n) is 10.3. The smallest absolute Gasteiger partial charge is 0.306 e. The molecule has 102 valence electrons. The number of carbonyl (C=O) groups excluding carboxylic acids is 1. The number of hydrogen-bond donors (Lipinski definition) is 2. The van der Waals surface area contributed by atoms with Crippen molar-refractivity contribution in [3.05, 3.63) is 64.9 Å². The molecule has 0 aromatic heterocycles. The number of amides is 2. The summed E-state index contributed by atoms with van der Waals surface area (Å²) in [6.45, 7) is 0. The summed E-state index contributed by atoms with van der Waals surface area (Å²) in [7, 11) is 0. The Hall–Kier alpha value is -2.40. The summed E-state index contributed by atoms with van der Waals surface area (Å²) >= 11 is 5.79. The maximum atomic E-state index is 12.9. The van der Waals surface area contributed by atoms with Crippen molar-refractivity contribution in [2.45, 2.75) is 0 Å². The van der Waals surface area contributed by atoms with Crippen LogP contribution in [0, 0.1) is 5.82 Å². The van der Waals surface area contributed by atoms with Crippen LogP contribution in [0.2, 0.25) is 5.02 Å². The van der Waals surface area contributed by atoms with Gasteiger partial charge in [0, 0.05) is 10.7 Å². The van der Waals surface area contributed by atoms with Gasteiger partial charge in [-0.1, -0.05) is 29.8 Å². The van der Waals surface area contributed by atoms with Crippen molar-refractivity contribution in [3.8, 4) is 0 Å². The van der Waals surface area contributed by atoms with E-state index in [1.807, 2.05) is 0 Å². The zero-order chi connectivity index (χ0) is 14.4. The first-order valence-corrected chi connectivity index (χ1v) is 6.12. The van der Waals surface area contributed by atoms with Crippen LogP contribution in [0.1, 0.15) is 5.56 Å². The van der Waals surface area contributed by atoms with Gasteiger partial charge in [0.25, 0.3) is 0 Å². The van der Waals surface area contributed by atoms with E-state index in [-0.39, 0.29) is 5.82 Å². The number of anilines is 1. The second-order valence-corrected chi connectivity index (χ2v) is 4.33. The summed E-state index contributed by atoms with van der Waals surface area (Å²) in [5, 5.41) is 6.79. The molecule has 0 bridgehead atoms. The van der Waals surface area contributed by atoms with Gasteiger partial charge >= 0.3 is 6.03 Å². The van der Waals surface area contributed by atoms with E-state index in [2.05, 4.69) is 15.8 Å². The maximum Gasteiger partial charge on any atom is 0.339 e. The van der Waals surface area contributed by atoms with Gasteiger partial charge in [0.05, 0.1) is 6.21 Å². The van der Waals surface area contributed by atoms with Crippen LogP contribution in [-0.2, 0) is 0 Å². The highest BCUT2D eigenvalue weighted by Gasteiger charge is 2.00. The summed E-state index contributed by atoms with van der Waals surface area (Å²) in [5.41, 5.74) is 3.37. The number of hydrazone groups is 1. The quantitative estimate of drug-likeness (QED) is 0.658. The largest absolute Gasteiger partial charge is 0.339 e. The van der Waals surface area contributed by atoms with Crippen LogP contribution in [0.5, 0.6) is 0 Å². The maximum absolute atomic E-state index is 12.9. The minimum Gasteiger partial charge on any atom is -0.306 e. The van der Waals surface area contributed by atoms with E-state index in [9.17, 15) is 9.18 Å². The molecule has 6 heteroatoms. The van der Waals surface area contributed by atoms with E-state index in [4.69, 9.17) is 11.6 Å². The number of halogens is 2. The SMILES string of the molecule is O=C(N/N=C\c1cccc(F)c1)Nc1cccc(Cl)c1. The molecule has 0 atom stereocenters. The third-order valence-corrected chi connectivity index (χ3v) is 2.55. The van der Waals surface area contributed by atoms with Crippen LogP contribution >= 0.6 is 11.6 Å². The van der Waals surface area contributed by atoms with E-state index in [1.54, 1.807) is 36.4 Å². The van der Waals surface area contributed by atoms with E-state index in [1.165, 1.54) is 18.3 Å². The number of hydrogen-bond acceptors (Lipinski definition) is 2. The minimum absolute atomic E-state index is 0.364. The van der Waals surface area contributed by atoms with Gasteiger partial charge in [0.1, 0.15) is 5.82 Å². The van der Waals surface area contributed by atoms with Crippen molar-refractivity contribution in [3.63, 3.8) is 0 Å². The fraction of sp³-hybridized carbons (Fsp3) is 0. The lowest BCUT2D eigenvalue weighted by atomic mass is 10.2. The molecule has 0 saturated carbocycles. The number of nitrogens with one attached hydrogen (secondary N) is 2. The van der Waals surface area contributed by atoms with Crippen LogP contribution in [0.15, 0.2) is 53.6 Å². The molecule has 0 aliphatic rings. The van der Waals surface area contributed by atoms with Gasteiger partial charge in [0.15, 0.2) is 0 Å². The van der Waals surface area contributed by atoms with Gasteiger partial charge in [-0.2, -0.15) is 5.10 Å². The van der Waals surface area contributed by atoms with E-state index in [0.717, 1.165) is 0 Å². The lowest BCUT2D eigenvalue weighted by Gasteiger charge is -2.04. The molecule has 2 aromatic carbocycles. The first kappa shape index (κ1) is 14.0. The molecule has 2 aromatic rings. The van der Waals surface area contributed by atoms with Gasteiger partial charge in [-0.3, -0.25) is 0 Å². The highest BCUT2D eigenvalue weighted by atomic mass is 35.5. The zero-order valence-corrected chi connectivity index (χ0v) is 11.1. The molecular formula is C14H11ClFN3O. The fourth-order valence-electron chi connectivity index (χ4n) is 1.48. The van der Waals surface area contributed by atoms with E-state index < -0.39 is 6.03 Å². The molecule has 20 heavy (non-hydrogen) atoms. The molecular weight excluding hydrogens is 281 g/mol. The summed E-state index contributed by atoms with van der Waals surface area (Å²) in [6.07, 6.45) is 1.35. The second-order valence-electron chi connectivity index (χ2n) is 3.89. The molecule has 2 amide bonds. The molecule has 0 unspecified atom stereocenters.